The summed E-state index contributed by atoms with van der Waals surface area (Å²) in [6, 6.07) is 0. The van der Waals surface area contributed by atoms with E-state index in [1.165, 1.54) is 0 Å². The third-order valence-corrected chi connectivity index (χ3v) is 0.849. The average Bonchev–Trinajstić information content (AvgIpc) is 1.87. The second-order valence-corrected chi connectivity index (χ2v) is 1.66. The molecule has 0 amide bonds. The van der Waals surface area contributed by atoms with Crippen LogP contribution in [-0.2, 0) is 0 Å². The van der Waals surface area contributed by atoms with Gasteiger partial charge >= 0.3 is 0 Å². The maximum atomic E-state index is 4.08. The highest BCUT2D eigenvalue weighted by atomic mass is 15.5. The van der Waals surface area contributed by atoms with Gasteiger partial charge in [0.05, 0.1) is 0 Å². The first-order chi connectivity index (χ1) is 3.29. The molecule has 0 radical (unpaired) electrons. The zero-order valence-electron chi connectivity index (χ0n) is 4.52. The molecule has 0 aliphatic carbocycles. The van der Waals surface area contributed by atoms with Gasteiger partial charge in [-0.05, 0) is 13.8 Å². The summed E-state index contributed by atoms with van der Waals surface area (Å²) in [5, 5.41) is 0. The first kappa shape index (κ1) is 4.59. The number of hydrazine groups is 1. The molecule has 3 heteroatoms. The molecule has 0 spiro atoms. The van der Waals surface area contributed by atoms with Crippen molar-refractivity contribution in [3.05, 3.63) is 0 Å². The minimum absolute atomic E-state index is 0.250. The average molecular weight is 99.1 g/mol. The van der Waals surface area contributed by atoms with Crippen molar-refractivity contribution in [2.75, 3.05) is 0 Å². The first-order valence-corrected chi connectivity index (χ1v) is 2.35. The fourth-order valence-electron chi connectivity index (χ4n) is 0.564. The molecule has 2 N–H and O–H groups in total. The maximum absolute atomic E-state index is 4.08. The van der Waals surface area contributed by atoms with Crippen LogP contribution in [0.15, 0.2) is 4.99 Å². The molecule has 1 atom stereocenters. The van der Waals surface area contributed by atoms with Crippen LogP contribution in [0.4, 0.5) is 0 Å². The van der Waals surface area contributed by atoms with Crippen molar-refractivity contribution >= 4 is 5.84 Å². The van der Waals surface area contributed by atoms with Gasteiger partial charge in [0.25, 0.3) is 0 Å². The molecule has 1 rings (SSSR count). The van der Waals surface area contributed by atoms with E-state index in [2.05, 4.69) is 15.8 Å². The van der Waals surface area contributed by atoms with Gasteiger partial charge in [-0.3, -0.25) is 4.99 Å². The lowest BCUT2D eigenvalue weighted by Crippen LogP contribution is -2.32. The van der Waals surface area contributed by atoms with E-state index in [-0.39, 0.29) is 6.17 Å². The summed E-state index contributed by atoms with van der Waals surface area (Å²) in [4.78, 5) is 4.08. The van der Waals surface area contributed by atoms with Crippen LogP contribution < -0.4 is 10.9 Å². The Morgan fingerprint density at radius 1 is 1.71 bits per heavy atom. The number of aliphatic imine (C=N–C) groups is 1. The van der Waals surface area contributed by atoms with Gasteiger partial charge in [-0.25, -0.2) is 5.43 Å². The van der Waals surface area contributed by atoms with Crippen LogP contribution in [0.25, 0.3) is 0 Å². The fraction of sp³-hybridized carbons (Fsp3) is 0.750. The zero-order valence-corrected chi connectivity index (χ0v) is 4.52. The highest BCUT2D eigenvalue weighted by molar-refractivity contribution is 5.80. The summed E-state index contributed by atoms with van der Waals surface area (Å²) in [5.74, 6) is 0.965. The third-order valence-electron chi connectivity index (χ3n) is 0.849. The van der Waals surface area contributed by atoms with Gasteiger partial charge < -0.3 is 5.43 Å². The predicted octanol–water partition coefficient (Wildman–Crippen LogP) is -0.141. The number of hydrogen-bond acceptors (Lipinski definition) is 3. The van der Waals surface area contributed by atoms with Crippen molar-refractivity contribution in [2.45, 2.75) is 20.0 Å². The van der Waals surface area contributed by atoms with E-state index < -0.39 is 0 Å². The van der Waals surface area contributed by atoms with Gasteiger partial charge in [0.1, 0.15) is 12.0 Å². The van der Waals surface area contributed by atoms with Crippen molar-refractivity contribution in [2.24, 2.45) is 4.99 Å². The Hall–Kier alpha value is -0.570. The Bertz CT molecular complexity index is 97.1. The molecule has 0 saturated heterocycles. The smallest absolute Gasteiger partial charge is 0.115 e. The predicted molar refractivity (Wildman–Crippen MR) is 28.8 cm³/mol. The van der Waals surface area contributed by atoms with Crippen LogP contribution in [0, 0.1) is 0 Å². The summed E-state index contributed by atoms with van der Waals surface area (Å²) in [7, 11) is 0. The topological polar surface area (TPSA) is 36.4 Å². The Balaban J connectivity index is 2.50. The van der Waals surface area contributed by atoms with Crippen LogP contribution in [0.5, 0.6) is 0 Å². The van der Waals surface area contributed by atoms with Crippen LogP contribution in [-0.4, -0.2) is 12.0 Å². The number of amidine groups is 1. The van der Waals surface area contributed by atoms with E-state index in [9.17, 15) is 0 Å². The lowest BCUT2D eigenvalue weighted by Gasteiger charge is -1.94. The zero-order chi connectivity index (χ0) is 5.28. The molecule has 7 heavy (non-hydrogen) atoms. The largest absolute Gasteiger partial charge is 0.308 e. The molecule has 1 heterocycles. The number of nitrogens with zero attached hydrogens (tertiary/aromatic N) is 1. The fourth-order valence-corrected chi connectivity index (χ4v) is 0.564. The second-order valence-electron chi connectivity index (χ2n) is 1.66. The number of hydrogen-bond donors (Lipinski definition) is 2. The van der Waals surface area contributed by atoms with E-state index in [1.807, 2.05) is 13.8 Å². The van der Waals surface area contributed by atoms with Gasteiger partial charge in [-0.2, -0.15) is 0 Å². The van der Waals surface area contributed by atoms with Gasteiger partial charge in [-0.1, -0.05) is 0 Å². The Kier molecular flexibility index (Phi) is 0.982. The SMILES string of the molecule is CC1=N[C@H](C)NN1. The molecular formula is C4H9N3. The monoisotopic (exact) mass is 99.1 g/mol. The van der Waals surface area contributed by atoms with Crippen LogP contribution in [0.2, 0.25) is 0 Å². The minimum Gasteiger partial charge on any atom is -0.308 e. The number of nitrogens with one attached hydrogen (secondary N) is 2. The highest BCUT2D eigenvalue weighted by Gasteiger charge is 2.03. The van der Waals surface area contributed by atoms with E-state index in [1.54, 1.807) is 0 Å². The molecule has 0 saturated carbocycles. The standard InChI is InChI=1S/C4H9N3/c1-3-5-4(2)7-6-3/h3,6H,1-2H3,(H,5,7)/t3-/m0/s1. The van der Waals surface area contributed by atoms with Crippen LogP contribution in [0.3, 0.4) is 0 Å². The minimum atomic E-state index is 0.250. The van der Waals surface area contributed by atoms with Gasteiger partial charge in [0, 0.05) is 0 Å². The lowest BCUT2D eigenvalue weighted by molar-refractivity contribution is 0.589. The molecule has 0 aromatic heterocycles. The lowest BCUT2D eigenvalue weighted by atomic mass is 10.6. The highest BCUT2D eigenvalue weighted by Crippen LogP contribution is 1.87. The Morgan fingerprint density at radius 2 is 2.43 bits per heavy atom. The van der Waals surface area contributed by atoms with E-state index >= 15 is 0 Å². The summed E-state index contributed by atoms with van der Waals surface area (Å²) in [6.07, 6.45) is 0.250. The van der Waals surface area contributed by atoms with Crippen molar-refractivity contribution in [3.63, 3.8) is 0 Å². The molecule has 0 fully saturated rings. The quantitative estimate of drug-likeness (QED) is 0.443. The molecule has 0 bridgehead atoms. The summed E-state index contributed by atoms with van der Waals surface area (Å²) < 4.78 is 0. The molecule has 0 aromatic carbocycles. The van der Waals surface area contributed by atoms with E-state index in [0.717, 1.165) is 5.84 Å². The number of rotatable bonds is 0. The van der Waals surface area contributed by atoms with Crippen LogP contribution >= 0.6 is 0 Å². The van der Waals surface area contributed by atoms with Crippen molar-refractivity contribution in [1.82, 2.24) is 10.9 Å². The van der Waals surface area contributed by atoms with Crippen molar-refractivity contribution < 1.29 is 0 Å². The third kappa shape index (κ3) is 0.899. The van der Waals surface area contributed by atoms with Crippen molar-refractivity contribution in [3.8, 4) is 0 Å². The summed E-state index contributed by atoms with van der Waals surface area (Å²) in [6.45, 7) is 3.92. The molecular weight excluding hydrogens is 90.1 g/mol. The first-order valence-electron chi connectivity index (χ1n) is 2.35. The molecule has 1 aliphatic rings. The second kappa shape index (κ2) is 1.50. The van der Waals surface area contributed by atoms with Gasteiger partial charge in [0.2, 0.25) is 0 Å². The molecule has 3 nitrogen and oxygen atoms in total. The van der Waals surface area contributed by atoms with Crippen LogP contribution in [0.1, 0.15) is 13.8 Å². The maximum Gasteiger partial charge on any atom is 0.115 e. The van der Waals surface area contributed by atoms with Crippen molar-refractivity contribution in [1.29, 1.82) is 0 Å². The Labute approximate surface area is 42.8 Å². The molecule has 40 valence electrons. The van der Waals surface area contributed by atoms with E-state index in [0.29, 0.717) is 0 Å². The molecule has 1 aliphatic heterocycles. The summed E-state index contributed by atoms with van der Waals surface area (Å²) >= 11 is 0. The summed E-state index contributed by atoms with van der Waals surface area (Å²) in [5.41, 5.74) is 5.78. The molecule has 0 aromatic rings. The Morgan fingerprint density at radius 3 is 2.57 bits per heavy atom. The molecule has 0 unspecified atom stereocenters. The van der Waals surface area contributed by atoms with Gasteiger partial charge in [0.15, 0.2) is 0 Å². The normalized spacial score (nSPS) is 29.4. The van der Waals surface area contributed by atoms with Gasteiger partial charge in [-0.15, -0.1) is 0 Å². The van der Waals surface area contributed by atoms with E-state index in [4.69, 9.17) is 0 Å².